The predicted octanol–water partition coefficient (Wildman–Crippen LogP) is 2.74. The molecule has 0 bridgehead atoms. The Bertz CT molecular complexity index is 154. The van der Waals surface area contributed by atoms with E-state index in [0.29, 0.717) is 0 Å². The summed E-state index contributed by atoms with van der Waals surface area (Å²) in [6.45, 7) is 9.73. The van der Waals surface area contributed by atoms with Crippen molar-refractivity contribution in [3.05, 3.63) is 0 Å². The highest BCUT2D eigenvalue weighted by molar-refractivity contribution is 4.43. The van der Waals surface area contributed by atoms with Gasteiger partial charge in [-0.15, -0.1) is 0 Å². The van der Waals surface area contributed by atoms with Crippen molar-refractivity contribution in [1.82, 2.24) is 0 Å². The van der Waals surface area contributed by atoms with Gasteiger partial charge in [0.15, 0.2) is 0 Å². The quantitative estimate of drug-likeness (QED) is 0.422. The smallest absolute Gasteiger partial charge is 0.0782 e. The van der Waals surface area contributed by atoms with Crippen LogP contribution in [0, 0.1) is 0 Å². The third kappa shape index (κ3) is 8.12. The lowest BCUT2D eigenvalue weighted by atomic mass is 10.1. The molecule has 0 spiro atoms. The third-order valence-electron chi connectivity index (χ3n) is 3.99. The minimum absolute atomic E-state index is 1.18. The molecule has 0 radical (unpaired) electrons. The molecule has 0 aliphatic rings. The second-order valence-corrected chi connectivity index (χ2v) is 6.37. The van der Waals surface area contributed by atoms with Gasteiger partial charge in [-0.2, -0.15) is 0 Å². The first kappa shape index (κ1) is 15.9. The van der Waals surface area contributed by atoms with E-state index in [1.165, 1.54) is 60.8 Å². The van der Waals surface area contributed by atoms with E-state index in [9.17, 15) is 0 Å². The SMILES string of the molecule is CC[N+](C)(C)CCCCCC[N+](C)(C)CC. The van der Waals surface area contributed by atoms with E-state index in [1.807, 2.05) is 0 Å². The maximum atomic E-state index is 2.33. The predicted molar refractivity (Wildman–Crippen MR) is 73.5 cm³/mol. The minimum atomic E-state index is 1.18. The molecule has 0 aliphatic heterocycles. The molecule has 0 aromatic rings. The monoisotopic (exact) mass is 230 g/mol. The van der Waals surface area contributed by atoms with Gasteiger partial charge in [-0.25, -0.2) is 0 Å². The average molecular weight is 230 g/mol. The molecule has 0 aromatic heterocycles. The summed E-state index contributed by atoms with van der Waals surface area (Å²) in [5, 5.41) is 0. The third-order valence-corrected chi connectivity index (χ3v) is 3.99. The topological polar surface area (TPSA) is 0 Å². The molecule has 0 aromatic carbocycles. The molecule has 0 unspecified atom stereocenters. The standard InChI is InChI=1S/C14H34N2/c1-7-15(3,4)13-11-9-10-12-14-16(5,6)8-2/h7-14H2,1-6H3/q+2. The van der Waals surface area contributed by atoms with Gasteiger partial charge >= 0.3 is 0 Å². The number of nitrogens with zero attached hydrogens (tertiary/aromatic N) is 2. The maximum absolute atomic E-state index is 2.33. The van der Waals surface area contributed by atoms with Crippen LogP contribution in [0.2, 0.25) is 0 Å². The van der Waals surface area contributed by atoms with Crippen LogP contribution in [0.3, 0.4) is 0 Å². The molecule has 98 valence electrons. The zero-order valence-electron chi connectivity index (χ0n) is 12.6. The van der Waals surface area contributed by atoms with Gasteiger partial charge in [-0.3, -0.25) is 0 Å². The van der Waals surface area contributed by atoms with Crippen LogP contribution in [0.25, 0.3) is 0 Å². The average Bonchev–Trinajstić information content (AvgIpc) is 2.23. The number of quaternary nitrogens is 2. The van der Waals surface area contributed by atoms with Gasteiger partial charge in [-0.05, 0) is 39.5 Å². The van der Waals surface area contributed by atoms with Crippen LogP contribution in [0.1, 0.15) is 39.5 Å². The van der Waals surface area contributed by atoms with Crippen molar-refractivity contribution >= 4 is 0 Å². The van der Waals surface area contributed by atoms with E-state index in [0.717, 1.165) is 0 Å². The molecule has 2 heteroatoms. The Balaban J connectivity index is 3.42. The highest BCUT2D eigenvalue weighted by Crippen LogP contribution is 2.07. The van der Waals surface area contributed by atoms with Gasteiger partial charge in [0.05, 0.1) is 54.4 Å². The van der Waals surface area contributed by atoms with E-state index in [-0.39, 0.29) is 0 Å². The molecule has 16 heavy (non-hydrogen) atoms. The van der Waals surface area contributed by atoms with Crippen molar-refractivity contribution in [3.8, 4) is 0 Å². The summed E-state index contributed by atoms with van der Waals surface area (Å²) in [6.07, 6.45) is 5.59. The van der Waals surface area contributed by atoms with Crippen LogP contribution in [0.4, 0.5) is 0 Å². The van der Waals surface area contributed by atoms with Crippen LogP contribution >= 0.6 is 0 Å². The Morgan fingerprint density at radius 3 is 1.12 bits per heavy atom. The lowest BCUT2D eigenvalue weighted by molar-refractivity contribution is -0.889. The van der Waals surface area contributed by atoms with Crippen LogP contribution in [-0.2, 0) is 0 Å². The molecular formula is C14H34N2+2. The Hall–Kier alpha value is -0.0800. The van der Waals surface area contributed by atoms with Crippen LogP contribution in [0.15, 0.2) is 0 Å². The molecule has 0 aliphatic carbocycles. The number of hydrogen-bond acceptors (Lipinski definition) is 0. The van der Waals surface area contributed by atoms with E-state index < -0.39 is 0 Å². The first-order chi connectivity index (χ1) is 7.33. The molecular weight excluding hydrogens is 196 g/mol. The molecule has 0 N–H and O–H groups in total. The van der Waals surface area contributed by atoms with Gasteiger partial charge < -0.3 is 8.97 Å². The summed E-state index contributed by atoms with van der Waals surface area (Å²) in [5.41, 5.74) is 0. The Labute approximate surface area is 103 Å². The molecule has 0 fully saturated rings. The number of rotatable bonds is 9. The fourth-order valence-corrected chi connectivity index (χ4v) is 1.75. The van der Waals surface area contributed by atoms with Crippen LogP contribution in [-0.4, -0.2) is 63.3 Å². The van der Waals surface area contributed by atoms with Crippen molar-refractivity contribution in [3.63, 3.8) is 0 Å². The molecule has 0 atom stereocenters. The zero-order chi connectivity index (χ0) is 12.7. The normalized spacial score (nSPS) is 13.1. The first-order valence-electron chi connectivity index (χ1n) is 6.97. The van der Waals surface area contributed by atoms with E-state index in [1.54, 1.807) is 0 Å². The highest BCUT2D eigenvalue weighted by Gasteiger charge is 2.12. The second kappa shape index (κ2) is 7.29. The second-order valence-electron chi connectivity index (χ2n) is 6.37. The van der Waals surface area contributed by atoms with Gasteiger partial charge in [-0.1, -0.05) is 0 Å². The first-order valence-corrected chi connectivity index (χ1v) is 6.97. The van der Waals surface area contributed by atoms with E-state index in [4.69, 9.17) is 0 Å². The van der Waals surface area contributed by atoms with Gasteiger partial charge in [0, 0.05) is 0 Å². The Kier molecular flexibility index (Phi) is 7.25. The molecule has 0 saturated carbocycles. The number of hydrogen-bond donors (Lipinski definition) is 0. The van der Waals surface area contributed by atoms with Gasteiger partial charge in [0.1, 0.15) is 0 Å². The van der Waals surface area contributed by atoms with E-state index >= 15 is 0 Å². The van der Waals surface area contributed by atoms with Crippen molar-refractivity contribution in [1.29, 1.82) is 0 Å². The molecule has 0 rings (SSSR count). The summed E-state index contributed by atoms with van der Waals surface area (Å²) in [5.74, 6) is 0. The Morgan fingerprint density at radius 2 is 0.875 bits per heavy atom. The maximum Gasteiger partial charge on any atom is 0.0782 e. The van der Waals surface area contributed by atoms with Crippen LogP contribution in [0.5, 0.6) is 0 Å². The fourth-order valence-electron chi connectivity index (χ4n) is 1.75. The minimum Gasteiger partial charge on any atom is -0.329 e. The molecule has 0 heterocycles. The summed E-state index contributed by atoms with van der Waals surface area (Å²) >= 11 is 0. The number of unbranched alkanes of at least 4 members (excludes halogenated alkanes) is 3. The van der Waals surface area contributed by atoms with E-state index in [2.05, 4.69) is 42.0 Å². The largest absolute Gasteiger partial charge is 0.329 e. The van der Waals surface area contributed by atoms with Crippen molar-refractivity contribution in [2.75, 3.05) is 54.4 Å². The van der Waals surface area contributed by atoms with Crippen molar-refractivity contribution in [2.24, 2.45) is 0 Å². The lowest BCUT2D eigenvalue weighted by Gasteiger charge is -2.29. The molecule has 0 saturated heterocycles. The summed E-state index contributed by atoms with van der Waals surface area (Å²) in [6, 6.07) is 0. The summed E-state index contributed by atoms with van der Waals surface area (Å²) in [7, 11) is 9.32. The summed E-state index contributed by atoms with van der Waals surface area (Å²) in [4.78, 5) is 0. The lowest BCUT2D eigenvalue weighted by Crippen LogP contribution is -2.40. The fraction of sp³-hybridized carbons (Fsp3) is 1.00. The summed E-state index contributed by atoms with van der Waals surface area (Å²) < 4.78 is 2.35. The molecule has 2 nitrogen and oxygen atoms in total. The zero-order valence-corrected chi connectivity index (χ0v) is 12.6. The Morgan fingerprint density at radius 1 is 0.562 bits per heavy atom. The van der Waals surface area contributed by atoms with Crippen molar-refractivity contribution in [2.45, 2.75) is 39.5 Å². The van der Waals surface area contributed by atoms with Crippen molar-refractivity contribution < 1.29 is 8.97 Å². The van der Waals surface area contributed by atoms with Gasteiger partial charge in [0.2, 0.25) is 0 Å². The molecule has 0 amide bonds. The van der Waals surface area contributed by atoms with Gasteiger partial charge in [0.25, 0.3) is 0 Å². The highest BCUT2D eigenvalue weighted by atomic mass is 15.3. The van der Waals surface area contributed by atoms with Crippen LogP contribution < -0.4 is 0 Å².